The lowest BCUT2D eigenvalue weighted by Gasteiger charge is -2.30. The first-order chi connectivity index (χ1) is 9.61. The molecule has 2 heterocycles. The van der Waals surface area contributed by atoms with E-state index in [1.54, 1.807) is 0 Å². The van der Waals surface area contributed by atoms with E-state index in [-0.39, 0.29) is 12.6 Å². The SMILES string of the molecule is CCC1CCCN1C(=O)N1CCCN(CC(=O)O)CC1. The number of hydrogen-bond acceptors (Lipinski definition) is 3. The minimum atomic E-state index is -0.796. The molecular formula is C14H25N3O3. The molecule has 2 aliphatic rings. The average Bonchev–Trinajstić information content (AvgIpc) is 2.77. The zero-order valence-corrected chi connectivity index (χ0v) is 12.3. The van der Waals surface area contributed by atoms with Crippen LogP contribution in [0.5, 0.6) is 0 Å². The Hall–Kier alpha value is -1.30. The molecule has 20 heavy (non-hydrogen) atoms. The molecule has 0 aromatic rings. The normalized spacial score (nSPS) is 24.8. The van der Waals surface area contributed by atoms with Crippen molar-refractivity contribution < 1.29 is 14.7 Å². The summed E-state index contributed by atoms with van der Waals surface area (Å²) in [4.78, 5) is 29.1. The smallest absolute Gasteiger partial charge is 0.320 e. The summed E-state index contributed by atoms with van der Waals surface area (Å²) in [6.45, 7) is 5.86. The molecule has 0 aromatic heterocycles. The monoisotopic (exact) mass is 283 g/mol. The predicted octanol–water partition coefficient (Wildman–Crippen LogP) is 1.07. The molecule has 2 fully saturated rings. The quantitative estimate of drug-likeness (QED) is 0.841. The highest BCUT2D eigenvalue weighted by Crippen LogP contribution is 2.21. The Morgan fingerprint density at radius 2 is 1.90 bits per heavy atom. The first-order valence-electron chi connectivity index (χ1n) is 7.61. The summed E-state index contributed by atoms with van der Waals surface area (Å²) in [5.41, 5.74) is 0. The van der Waals surface area contributed by atoms with Gasteiger partial charge in [0.1, 0.15) is 0 Å². The first-order valence-corrected chi connectivity index (χ1v) is 7.61. The molecule has 2 amide bonds. The number of carbonyl (C=O) groups is 2. The number of amides is 2. The molecule has 2 rings (SSSR count). The van der Waals surface area contributed by atoms with E-state index in [0.717, 1.165) is 45.3 Å². The van der Waals surface area contributed by atoms with Crippen LogP contribution in [0, 0.1) is 0 Å². The molecule has 0 radical (unpaired) electrons. The van der Waals surface area contributed by atoms with Crippen molar-refractivity contribution in [3.05, 3.63) is 0 Å². The maximum Gasteiger partial charge on any atom is 0.320 e. The Morgan fingerprint density at radius 3 is 2.60 bits per heavy atom. The summed E-state index contributed by atoms with van der Waals surface area (Å²) >= 11 is 0. The summed E-state index contributed by atoms with van der Waals surface area (Å²) in [6.07, 6.45) is 4.08. The number of nitrogens with zero attached hydrogens (tertiary/aromatic N) is 3. The molecule has 2 saturated heterocycles. The second-order valence-corrected chi connectivity index (χ2v) is 5.69. The van der Waals surface area contributed by atoms with E-state index in [1.165, 1.54) is 0 Å². The van der Waals surface area contributed by atoms with Gasteiger partial charge in [-0.05, 0) is 25.7 Å². The van der Waals surface area contributed by atoms with Crippen molar-refractivity contribution in [3.63, 3.8) is 0 Å². The molecule has 2 aliphatic heterocycles. The number of urea groups is 1. The Bertz CT molecular complexity index is 362. The second kappa shape index (κ2) is 6.92. The van der Waals surface area contributed by atoms with Crippen molar-refractivity contribution in [1.82, 2.24) is 14.7 Å². The summed E-state index contributed by atoms with van der Waals surface area (Å²) in [5.74, 6) is -0.796. The van der Waals surface area contributed by atoms with Crippen LogP contribution in [0.2, 0.25) is 0 Å². The average molecular weight is 283 g/mol. The van der Waals surface area contributed by atoms with Gasteiger partial charge in [0, 0.05) is 38.8 Å². The maximum absolute atomic E-state index is 12.6. The van der Waals surface area contributed by atoms with Gasteiger partial charge in [0.15, 0.2) is 0 Å². The second-order valence-electron chi connectivity index (χ2n) is 5.69. The molecule has 1 atom stereocenters. The van der Waals surface area contributed by atoms with Crippen LogP contribution in [0.3, 0.4) is 0 Å². The fourth-order valence-corrected chi connectivity index (χ4v) is 3.21. The third-order valence-electron chi connectivity index (χ3n) is 4.31. The van der Waals surface area contributed by atoms with E-state index >= 15 is 0 Å². The van der Waals surface area contributed by atoms with Crippen LogP contribution >= 0.6 is 0 Å². The van der Waals surface area contributed by atoms with Crippen molar-refractivity contribution in [2.75, 3.05) is 39.3 Å². The van der Waals surface area contributed by atoms with Crippen LogP contribution in [0.15, 0.2) is 0 Å². The van der Waals surface area contributed by atoms with Gasteiger partial charge in [0.05, 0.1) is 6.54 Å². The lowest BCUT2D eigenvalue weighted by molar-refractivity contribution is -0.138. The van der Waals surface area contributed by atoms with Crippen LogP contribution in [-0.4, -0.2) is 77.1 Å². The van der Waals surface area contributed by atoms with E-state index in [9.17, 15) is 9.59 Å². The number of carboxylic acid groups (broad SMARTS) is 1. The zero-order chi connectivity index (χ0) is 14.5. The first kappa shape index (κ1) is 15.1. The van der Waals surface area contributed by atoms with E-state index in [0.29, 0.717) is 19.1 Å². The van der Waals surface area contributed by atoms with Crippen molar-refractivity contribution in [3.8, 4) is 0 Å². The molecule has 114 valence electrons. The summed E-state index contributed by atoms with van der Waals surface area (Å²) in [5, 5.41) is 8.84. The minimum absolute atomic E-state index is 0.0727. The molecule has 0 saturated carbocycles. The number of carboxylic acids is 1. The van der Waals surface area contributed by atoms with Crippen LogP contribution in [0.25, 0.3) is 0 Å². The molecular weight excluding hydrogens is 258 g/mol. The van der Waals surface area contributed by atoms with Gasteiger partial charge in [-0.25, -0.2) is 4.79 Å². The Labute approximate surface area is 120 Å². The number of carbonyl (C=O) groups excluding carboxylic acids is 1. The van der Waals surface area contributed by atoms with E-state index in [2.05, 4.69) is 6.92 Å². The van der Waals surface area contributed by atoms with Crippen molar-refractivity contribution in [2.24, 2.45) is 0 Å². The lowest BCUT2D eigenvalue weighted by Crippen LogP contribution is -2.46. The summed E-state index contributed by atoms with van der Waals surface area (Å²) in [7, 11) is 0. The Balaban J connectivity index is 1.89. The third kappa shape index (κ3) is 3.62. The van der Waals surface area contributed by atoms with Crippen molar-refractivity contribution >= 4 is 12.0 Å². The van der Waals surface area contributed by atoms with Crippen LogP contribution in [-0.2, 0) is 4.79 Å². The predicted molar refractivity (Wildman–Crippen MR) is 75.7 cm³/mol. The number of likely N-dealkylation sites (tertiary alicyclic amines) is 1. The number of hydrogen-bond donors (Lipinski definition) is 1. The minimum Gasteiger partial charge on any atom is -0.480 e. The summed E-state index contributed by atoms with van der Waals surface area (Å²) in [6, 6.07) is 0.535. The lowest BCUT2D eigenvalue weighted by atomic mass is 10.2. The van der Waals surface area contributed by atoms with Crippen molar-refractivity contribution in [1.29, 1.82) is 0 Å². The van der Waals surface area contributed by atoms with Gasteiger partial charge in [0.25, 0.3) is 0 Å². The summed E-state index contributed by atoms with van der Waals surface area (Å²) < 4.78 is 0. The highest BCUT2D eigenvalue weighted by Gasteiger charge is 2.31. The van der Waals surface area contributed by atoms with E-state index < -0.39 is 5.97 Å². The Morgan fingerprint density at radius 1 is 1.10 bits per heavy atom. The molecule has 6 nitrogen and oxygen atoms in total. The van der Waals surface area contributed by atoms with Crippen LogP contribution in [0.4, 0.5) is 4.79 Å². The van der Waals surface area contributed by atoms with E-state index in [4.69, 9.17) is 5.11 Å². The molecule has 6 heteroatoms. The zero-order valence-electron chi connectivity index (χ0n) is 12.3. The van der Waals surface area contributed by atoms with Gasteiger partial charge in [0.2, 0.25) is 0 Å². The van der Waals surface area contributed by atoms with Crippen LogP contribution in [0.1, 0.15) is 32.6 Å². The highest BCUT2D eigenvalue weighted by atomic mass is 16.4. The maximum atomic E-state index is 12.6. The van der Waals surface area contributed by atoms with Gasteiger partial charge in [-0.1, -0.05) is 6.92 Å². The highest BCUT2D eigenvalue weighted by molar-refractivity contribution is 5.75. The van der Waals surface area contributed by atoms with Crippen molar-refractivity contribution in [2.45, 2.75) is 38.6 Å². The Kier molecular flexibility index (Phi) is 5.23. The van der Waals surface area contributed by atoms with Crippen LogP contribution < -0.4 is 0 Å². The largest absolute Gasteiger partial charge is 0.480 e. The van der Waals surface area contributed by atoms with Gasteiger partial charge in [-0.3, -0.25) is 9.69 Å². The fraction of sp³-hybridized carbons (Fsp3) is 0.857. The van der Waals surface area contributed by atoms with Gasteiger partial charge in [-0.15, -0.1) is 0 Å². The van der Waals surface area contributed by atoms with Gasteiger partial charge >= 0.3 is 12.0 Å². The van der Waals surface area contributed by atoms with Gasteiger partial charge in [-0.2, -0.15) is 0 Å². The number of rotatable bonds is 3. The fourth-order valence-electron chi connectivity index (χ4n) is 3.21. The molecule has 0 spiro atoms. The standard InChI is InChI=1S/C14H25N3O3/c1-2-12-5-3-8-17(12)14(20)16-7-4-6-15(9-10-16)11-13(18)19/h12H,2-11H2,1H3,(H,18,19). The van der Waals surface area contributed by atoms with Gasteiger partial charge < -0.3 is 14.9 Å². The third-order valence-corrected chi connectivity index (χ3v) is 4.31. The molecule has 1 unspecified atom stereocenters. The molecule has 0 bridgehead atoms. The van der Waals surface area contributed by atoms with E-state index in [1.807, 2.05) is 14.7 Å². The number of aliphatic carboxylic acids is 1. The topological polar surface area (TPSA) is 64.1 Å². The molecule has 0 aliphatic carbocycles. The molecule has 0 aromatic carbocycles. The molecule has 1 N–H and O–H groups in total.